The molecule has 0 fully saturated rings. The van der Waals surface area contributed by atoms with Crippen LogP contribution in [0.3, 0.4) is 0 Å². The van der Waals surface area contributed by atoms with Gasteiger partial charge < -0.3 is 15.4 Å². The van der Waals surface area contributed by atoms with Crippen LogP contribution in [0.2, 0.25) is 0 Å². The van der Waals surface area contributed by atoms with E-state index in [-0.39, 0.29) is 16.4 Å². The Balaban J connectivity index is 2.58. The largest absolute Gasteiger partial charge is 0.508 e. The maximum atomic E-state index is 11.6. The van der Waals surface area contributed by atoms with Gasteiger partial charge in [-0.1, -0.05) is 18.2 Å². The normalized spacial score (nSPS) is 11.8. The number of benzene rings is 2. The number of hydrogen-bond donors (Lipinski definition) is 2. The van der Waals surface area contributed by atoms with Crippen LogP contribution in [0.15, 0.2) is 42.5 Å². The van der Waals surface area contributed by atoms with E-state index in [0.717, 1.165) is 5.69 Å². The lowest BCUT2D eigenvalue weighted by molar-refractivity contribution is -0.383. The molecule has 0 saturated carbocycles. The highest BCUT2D eigenvalue weighted by atomic mass is 16.6. The SMILES string of the molecule is Cc1c([N+](=O)[O-])c2ccc(O)c(C(C)(C)N)c2n1-c1ccccc1. The van der Waals surface area contributed by atoms with E-state index in [1.54, 1.807) is 31.4 Å². The van der Waals surface area contributed by atoms with Crippen molar-refractivity contribution in [2.24, 2.45) is 5.73 Å². The molecule has 0 atom stereocenters. The summed E-state index contributed by atoms with van der Waals surface area (Å²) in [5.74, 6) is 0.0274. The average Bonchev–Trinajstić information content (AvgIpc) is 2.78. The fourth-order valence-electron chi connectivity index (χ4n) is 3.24. The van der Waals surface area contributed by atoms with Gasteiger partial charge in [0.1, 0.15) is 5.75 Å². The number of rotatable bonds is 3. The van der Waals surface area contributed by atoms with Crippen LogP contribution in [0.4, 0.5) is 5.69 Å². The van der Waals surface area contributed by atoms with E-state index < -0.39 is 5.54 Å². The molecule has 24 heavy (non-hydrogen) atoms. The number of fused-ring (bicyclic) bond motifs is 1. The summed E-state index contributed by atoms with van der Waals surface area (Å²) < 4.78 is 1.79. The number of nitro groups is 1. The molecule has 6 heteroatoms. The van der Waals surface area contributed by atoms with Gasteiger partial charge >= 0.3 is 0 Å². The molecule has 0 radical (unpaired) electrons. The summed E-state index contributed by atoms with van der Waals surface area (Å²) in [4.78, 5) is 11.2. The van der Waals surface area contributed by atoms with E-state index in [0.29, 0.717) is 22.2 Å². The summed E-state index contributed by atoms with van der Waals surface area (Å²) in [6.07, 6.45) is 0. The average molecular weight is 325 g/mol. The predicted molar refractivity (Wildman–Crippen MR) is 93.5 cm³/mol. The van der Waals surface area contributed by atoms with E-state index in [4.69, 9.17) is 5.73 Å². The highest BCUT2D eigenvalue weighted by molar-refractivity contribution is 5.97. The van der Waals surface area contributed by atoms with Crippen molar-refractivity contribution in [2.45, 2.75) is 26.3 Å². The molecule has 3 N–H and O–H groups in total. The van der Waals surface area contributed by atoms with Crippen molar-refractivity contribution in [2.75, 3.05) is 0 Å². The second kappa shape index (κ2) is 5.35. The van der Waals surface area contributed by atoms with Gasteiger partial charge in [-0.05, 0) is 45.0 Å². The number of hydrogen-bond acceptors (Lipinski definition) is 4. The number of phenols is 1. The van der Waals surface area contributed by atoms with Gasteiger partial charge in [0.05, 0.1) is 21.5 Å². The Hall–Kier alpha value is -2.86. The monoisotopic (exact) mass is 325 g/mol. The molecule has 0 unspecified atom stereocenters. The van der Waals surface area contributed by atoms with Crippen LogP contribution in [0, 0.1) is 17.0 Å². The Kier molecular flexibility index (Phi) is 3.57. The zero-order valence-electron chi connectivity index (χ0n) is 13.8. The number of phenolic OH excluding ortho intramolecular Hbond substituents is 1. The summed E-state index contributed by atoms with van der Waals surface area (Å²) in [6, 6.07) is 12.4. The Labute approximate surface area is 139 Å². The molecule has 1 aromatic heterocycles. The van der Waals surface area contributed by atoms with E-state index in [1.807, 2.05) is 30.3 Å². The third-order valence-electron chi connectivity index (χ3n) is 4.15. The summed E-state index contributed by atoms with van der Waals surface area (Å²) in [7, 11) is 0. The van der Waals surface area contributed by atoms with Gasteiger partial charge in [-0.25, -0.2) is 0 Å². The zero-order chi connectivity index (χ0) is 17.6. The molecule has 0 aliphatic rings. The minimum atomic E-state index is -0.866. The van der Waals surface area contributed by atoms with Crippen molar-refractivity contribution >= 4 is 16.6 Å². The molecular weight excluding hydrogens is 306 g/mol. The van der Waals surface area contributed by atoms with E-state index in [9.17, 15) is 15.2 Å². The Bertz CT molecular complexity index is 938. The van der Waals surface area contributed by atoms with Gasteiger partial charge in [0, 0.05) is 16.8 Å². The van der Waals surface area contributed by atoms with Gasteiger partial charge in [0.25, 0.3) is 5.69 Å². The lowest BCUT2D eigenvalue weighted by atomic mass is 9.92. The summed E-state index contributed by atoms with van der Waals surface area (Å²) in [5, 5.41) is 22.5. The number of para-hydroxylation sites is 1. The summed E-state index contributed by atoms with van der Waals surface area (Å²) >= 11 is 0. The van der Waals surface area contributed by atoms with E-state index >= 15 is 0 Å². The first-order valence-electron chi connectivity index (χ1n) is 7.59. The van der Waals surface area contributed by atoms with Crippen molar-refractivity contribution in [1.82, 2.24) is 4.57 Å². The van der Waals surface area contributed by atoms with Gasteiger partial charge in [-0.15, -0.1) is 0 Å². The molecule has 0 aliphatic carbocycles. The van der Waals surface area contributed by atoms with Crippen LogP contribution in [0.25, 0.3) is 16.6 Å². The standard InChI is InChI=1S/C18H19N3O3/c1-11-16(21(23)24)13-9-10-14(22)15(18(2,3)19)17(13)20(11)12-7-5-4-6-8-12/h4-10,22H,19H2,1-3H3. The first kappa shape index (κ1) is 16.0. The molecular formula is C18H19N3O3. The number of nitrogens with zero attached hydrogens (tertiary/aromatic N) is 2. The molecule has 0 amide bonds. The predicted octanol–water partition coefficient (Wildman–Crippen LogP) is 3.75. The fourth-order valence-corrected chi connectivity index (χ4v) is 3.24. The third kappa shape index (κ3) is 2.32. The second-order valence-corrected chi connectivity index (χ2v) is 6.44. The third-order valence-corrected chi connectivity index (χ3v) is 4.15. The van der Waals surface area contributed by atoms with Crippen LogP contribution >= 0.6 is 0 Å². The van der Waals surface area contributed by atoms with Crippen LogP contribution in [-0.4, -0.2) is 14.6 Å². The Morgan fingerprint density at radius 1 is 1.17 bits per heavy atom. The summed E-state index contributed by atoms with van der Waals surface area (Å²) in [6.45, 7) is 5.24. The minimum Gasteiger partial charge on any atom is -0.508 e. The topological polar surface area (TPSA) is 94.3 Å². The molecule has 0 bridgehead atoms. The molecule has 2 aromatic carbocycles. The van der Waals surface area contributed by atoms with Crippen molar-refractivity contribution < 1.29 is 10.0 Å². The molecule has 6 nitrogen and oxygen atoms in total. The quantitative estimate of drug-likeness (QED) is 0.566. The van der Waals surface area contributed by atoms with Crippen molar-refractivity contribution in [3.05, 3.63) is 63.8 Å². The lowest BCUT2D eigenvalue weighted by Gasteiger charge is -2.23. The van der Waals surface area contributed by atoms with Gasteiger partial charge in [-0.3, -0.25) is 10.1 Å². The Morgan fingerprint density at radius 2 is 1.79 bits per heavy atom. The molecule has 3 rings (SSSR count). The minimum absolute atomic E-state index is 0.0272. The van der Waals surface area contributed by atoms with Crippen molar-refractivity contribution in [1.29, 1.82) is 0 Å². The smallest absolute Gasteiger partial charge is 0.298 e. The van der Waals surface area contributed by atoms with Crippen molar-refractivity contribution in [3.8, 4) is 11.4 Å². The summed E-state index contributed by atoms with van der Waals surface area (Å²) in [5.41, 5.74) is 7.76. The maximum absolute atomic E-state index is 11.6. The molecule has 0 aliphatic heterocycles. The number of nitrogens with two attached hydrogens (primary N) is 1. The lowest BCUT2D eigenvalue weighted by Crippen LogP contribution is -2.29. The molecule has 124 valence electrons. The molecule has 1 heterocycles. The second-order valence-electron chi connectivity index (χ2n) is 6.44. The highest BCUT2D eigenvalue weighted by Crippen LogP contribution is 2.42. The molecule has 0 saturated heterocycles. The molecule has 3 aromatic rings. The molecule has 0 spiro atoms. The van der Waals surface area contributed by atoms with Crippen LogP contribution in [0.5, 0.6) is 5.75 Å². The van der Waals surface area contributed by atoms with Gasteiger partial charge in [0.2, 0.25) is 0 Å². The van der Waals surface area contributed by atoms with Crippen molar-refractivity contribution in [3.63, 3.8) is 0 Å². The fraction of sp³-hybridized carbons (Fsp3) is 0.222. The highest BCUT2D eigenvalue weighted by Gasteiger charge is 2.31. The number of aromatic nitrogens is 1. The van der Waals surface area contributed by atoms with E-state index in [1.165, 1.54) is 6.07 Å². The Morgan fingerprint density at radius 3 is 2.33 bits per heavy atom. The first-order valence-corrected chi connectivity index (χ1v) is 7.59. The van der Waals surface area contributed by atoms with Crippen LogP contribution in [0.1, 0.15) is 25.1 Å². The zero-order valence-corrected chi connectivity index (χ0v) is 13.8. The van der Waals surface area contributed by atoms with Crippen LogP contribution in [-0.2, 0) is 5.54 Å². The number of aromatic hydroxyl groups is 1. The van der Waals surface area contributed by atoms with Crippen LogP contribution < -0.4 is 5.73 Å². The van der Waals surface area contributed by atoms with Gasteiger partial charge in [0.15, 0.2) is 0 Å². The first-order chi connectivity index (χ1) is 11.2. The maximum Gasteiger partial charge on any atom is 0.298 e. The van der Waals surface area contributed by atoms with E-state index in [2.05, 4.69) is 0 Å². The van der Waals surface area contributed by atoms with Gasteiger partial charge in [-0.2, -0.15) is 0 Å².